The Morgan fingerprint density at radius 2 is 1.02 bits per heavy atom. The zero-order chi connectivity index (χ0) is 34.7. The number of benzene rings is 2. The fourth-order valence-corrected chi connectivity index (χ4v) is 13.0. The van der Waals surface area contributed by atoms with Crippen LogP contribution in [0.2, 0.25) is 41.3 Å². The van der Waals surface area contributed by atoms with Crippen LogP contribution in [0.25, 0.3) is 0 Å². The summed E-state index contributed by atoms with van der Waals surface area (Å²) in [6, 6.07) is 21.7. The lowest BCUT2D eigenvalue weighted by Gasteiger charge is -2.48. The van der Waals surface area contributed by atoms with Crippen molar-refractivity contribution >= 4 is 35.3 Å². The first-order valence-corrected chi connectivity index (χ1v) is 24.8. The molecule has 7 heteroatoms. The molecule has 0 saturated heterocycles. The van der Waals surface area contributed by atoms with Crippen LogP contribution in [0.5, 0.6) is 0 Å². The molecule has 2 aromatic carbocycles. The van der Waals surface area contributed by atoms with Crippen LogP contribution >= 0.6 is 0 Å². The van der Waals surface area contributed by atoms with Crippen LogP contribution < -0.4 is 10.4 Å². The topological polar surface area (TPSA) is 47.9 Å². The molecule has 2 aromatic rings. The lowest BCUT2D eigenvalue weighted by molar-refractivity contribution is -0.0986. The average molecular weight is 673 g/mol. The molecule has 0 saturated carbocycles. The van der Waals surface area contributed by atoms with E-state index < -0.39 is 36.7 Å². The zero-order valence-electron chi connectivity index (χ0n) is 31.8. The third-order valence-corrected chi connectivity index (χ3v) is 24.5. The molecule has 0 amide bonds. The number of aliphatic hydroxyl groups is 1. The van der Waals surface area contributed by atoms with Gasteiger partial charge < -0.3 is 18.4 Å². The Hall–Kier alpha value is -1.07. The van der Waals surface area contributed by atoms with Crippen molar-refractivity contribution in [2.24, 2.45) is 5.92 Å². The van der Waals surface area contributed by atoms with Crippen molar-refractivity contribution < 1.29 is 18.4 Å². The minimum atomic E-state index is -2.61. The minimum Gasteiger partial charge on any atom is -0.411 e. The minimum absolute atomic E-state index is 0.0211. The molecule has 0 spiro atoms. The monoisotopic (exact) mass is 672 g/mol. The number of rotatable bonds is 14. The summed E-state index contributed by atoms with van der Waals surface area (Å²) < 4.78 is 21.5. The number of hydrogen-bond acceptors (Lipinski definition) is 4. The van der Waals surface area contributed by atoms with Crippen molar-refractivity contribution in [3.8, 4) is 0 Å². The first kappa shape index (κ1) is 40.1. The van der Waals surface area contributed by atoms with Crippen LogP contribution in [-0.4, -0.2) is 54.5 Å². The molecule has 1 N–H and O–H groups in total. The first-order valence-electron chi connectivity index (χ1n) is 17.1. The Morgan fingerprint density at radius 1 is 0.622 bits per heavy atom. The van der Waals surface area contributed by atoms with Gasteiger partial charge in [-0.15, -0.1) is 0 Å². The van der Waals surface area contributed by atoms with Crippen molar-refractivity contribution in [2.75, 3.05) is 6.61 Å². The summed E-state index contributed by atoms with van der Waals surface area (Å²) in [4.78, 5) is 0. The highest BCUT2D eigenvalue weighted by Gasteiger charge is 2.51. The highest BCUT2D eigenvalue weighted by molar-refractivity contribution is 6.99. The largest absolute Gasteiger partial charge is 0.411 e. The van der Waals surface area contributed by atoms with E-state index in [1.165, 1.54) is 10.4 Å². The highest BCUT2D eigenvalue weighted by atomic mass is 28.4. The molecule has 0 radical (unpaired) electrons. The van der Waals surface area contributed by atoms with Gasteiger partial charge in [-0.2, -0.15) is 0 Å². The second kappa shape index (κ2) is 14.6. The van der Waals surface area contributed by atoms with Gasteiger partial charge in [-0.3, -0.25) is 0 Å². The summed E-state index contributed by atoms with van der Waals surface area (Å²) >= 11 is 0. The summed E-state index contributed by atoms with van der Waals surface area (Å²) in [5.41, 5.74) is -1.05. The molecule has 4 nitrogen and oxygen atoms in total. The standard InChI is InChI=1S/C38H68O4Si3/c1-30(27-28-40-45(37(8,9)10,31-23-19-17-20-24-31)32-25-21-18-22-26-32)29-33(41-43(13,14)35(2,3)4)34(38(11,12)39)42-44(15,16)36(5,6)7/h17-26,30,33-34,39H,27-29H2,1-16H3/t30-,33+,34-/m1/s1. The number of hydrogen-bond donors (Lipinski definition) is 1. The zero-order valence-corrected chi connectivity index (χ0v) is 34.8. The van der Waals surface area contributed by atoms with Gasteiger partial charge in [0.15, 0.2) is 16.6 Å². The average Bonchev–Trinajstić information content (AvgIpc) is 2.87. The van der Waals surface area contributed by atoms with Crippen LogP contribution in [-0.2, 0) is 13.3 Å². The quantitative estimate of drug-likeness (QED) is 0.203. The van der Waals surface area contributed by atoms with E-state index >= 15 is 0 Å². The molecule has 256 valence electrons. The summed E-state index contributed by atoms with van der Waals surface area (Å²) in [7, 11) is -6.98. The molecule has 0 bridgehead atoms. The van der Waals surface area contributed by atoms with Gasteiger partial charge in [0.05, 0.1) is 17.8 Å². The van der Waals surface area contributed by atoms with Crippen LogP contribution in [0, 0.1) is 5.92 Å². The Labute approximate surface area is 281 Å². The van der Waals surface area contributed by atoms with Crippen LogP contribution in [0.4, 0.5) is 0 Å². The van der Waals surface area contributed by atoms with E-state index in [0.29, 0.717) is 12.5 Å². The summed E-state index contributed by atoms with van der Waals surface area (Å²) in [6.45, 7) is 36.5. The summed E-state index contributed by atoms with van der Waals surface area (Å²) in [5.74, 6) is 0.311. The van der Waals surface area contributed by atoms with Crippen LogP contribution in [0.1, 0.15) is 95.9 Å². The second-order valence-corrected chi connectivity index (χ2v) is 31.8. The van der Waals surface area contributed by atoms with Crippen molar-refractivity contribution in [3.05, 3.63) is 60.7 Å². The van der Waals surface area contributed by atoms with E-state index in [1.54, 1.807) is 0 Å². The van der Waals surface area contributed by atoms with Crippen molar-refractivity contribution in [2.45, 2.75) is 155 Å². The molecule has 0 heterocycles. The van der Waals surface area contributed by atoms with Gasteiger partial charge in [0.25, 0.3) is 8.32 Å². The van der Waals surface area contributed by atoms with Gasteiger partial charge in [0.2, 0.25) is 0 Å². The molecule has 0 fully saturated rings. The molecular formula is C38H68O4Si3. The molecule has 0 aliphatic rings. The Balaban J connectivity index is 2.45. The predicted molar refractivity (Wildman–Crippen MR) is 202 cm³/mol. The van der Waals surface area contributed by atoms with Crippen molar-refractivity contribution in [3.63, 3.8) is 0 Å². The Bertz CT molecular complexity index is 1130. The van der Waals surface area contributed by atoms with Gasteiger partial charge in [-0.1, -0.05) is 130 Å². The van der Waals surface area contributed by atoms with Gasteiger partial charge in [-0.05, 0) is 84.3 Å². The van der Waals surface area contributed by atoms with Gasteiger partial charge >= 0.3 is 0 Å². The fourth-order valence-electron chi connectivity index (χ4n) is 5.65. The highest BCUT2D eigenvalue weighted by Crippen LogP contribution is 2.43. The van der Waals surface area contributed by atoms with E-state index in [-0.39, 0.29) is 21.2 Å². The van der Waals surface area contributed by atoms with Gasteiger partial charge in [-0.25, -0.2) is 0 Å². The molecule has 2 rings (SSSR count). The summed E-state index contributed by atoms with van der Waals surface area (Å²) in [5, 5.41) is 14.2. The molecule has 0 aromatic heterocycles. The van der Waals surface area contributed by atoms with Gasteiger partial charge in [0.1, 0.15) is 0 Å². The van der Waals surface area contributed by atoms with Crippen molar-refractivity contribution in [1.82, 2.24) is 0 Å². The maximum atomic E-state index is 11.6. The lowest BCUT2D eigenvalue weighted by atomic mass is 9.90. The third kappa shape index (κ3) is 9.97. The van der Waals surface area contributed by atoms with Crippen LogP contribution in [0.3, 0.4) is 0 Å². The summed E-state index contributed by atoms with van der Waals surface area (Å²) in [6.07, 6.45) is 1.07. The van der Waals surface area contributed by atoms with E-state index in [9.17, 15) is 5.11 Å². The third-order valence-electron chi connectivity index (χ3n) is 10.5. The normalized spacial score (nSPS) is 16.4. The van der Waals surface area contributed by atoms with E-state index in [2.05, 4.69) is 156 Å². The van der Waals surface area contributed by atoms with E-state index in [1.807, 2.05) is 13.8 Å². The molecule has 3 atom stereocenters. The first-order chi connectivity index (χ1) is 20.3. The SMILES string of the molecule is C[C@H](CCO[Si](c1ccccc1)(c1ccccc1)C(C)(C)C)C[C@H](O[Si](C)(C)C(C)(C)C)[C@@H](O[Si](C)(C)C(C)(C)C)C(C)(C)O. The lowest BCUT2D eigenvalue weighted by Crippen LogP contribution is -2.66. The molecule has 0 aliphatic carbocycles. The van der Waals surface area contributed by atoms with Gasteiger partial charge in [0, 0.05) is 6.61 Å². The maximum Gasteiger partial charge on any atom is 0.261 e. The Morgan fingerprint density at radius 3 is 1.38 bits per heavy atom. The second-order valence-electron chi connectivity index (χ2n) is 18.0. The molecule has 45 heavy (non-hydrogen) atoms. The fraction of sp³-hybridized carbons (Fsp3) is 0.684. The van der Waals surface area contributed by atoms with E-state index in [4.69, 9.17) is 13.3 Å². The van der Waals surface area contributed by atoms with E-state index in [0.717, 1.165) is 12.8 Å². The maximum absolute atomic E-state index is 11.6. The smallest absolute Gasteiger partial charge is 0.261 e. The predicted octanol–water partition coefficient (Wildman–Crippen LogP) is 9.53. The molecule has 0 unspecified atom stereocenters. The Kier molecular flexibility index (Phi) is 13.0. The van der Waals surface area contributed by atoms with Crippen LogP contribution in [0.15, 0.2) is 60.7 Å². The molecular weight excluding hydrogens is 605 g/mol. The molecule has 0 aliphatic heterocycles. The van der Waals surface area contributed by atoms with Crippen molar-refractivity contribution in [1.29, 1.82) is 0 Å².